The molecule has 0 bridgehead atoms. The van der Waals surface area contributed by atoms with Crippen molar-refractivity contribution in [3.8, 4) is 0 Å². The van der Waals surface area contributed by atoms with Crippen LogP contribution in [-0.4, -0.2) is 53.8 Å². The second-order valence-electron chi connectivity index (χ2n) is 7.79. The van der Waals surface area contributed by atoms with Crippen LogP contribution in [0.2, 0.25) is 10.2 Å². The van der Waals surface area contributed by atoms with Gasteiger partial charge in [0, 0.05) is 42.6 Å². The van der Waals surface area contributed by atoms with Crippen molar-refractivity contribution in [3.05, 3.63) is 75.5 Å². The van der Waals surface area contributed by atoms with Crippen LogP contribution in [0.25, 0.3) is 0 Å². The Hall–Kier alpha value is -2.54. The molecule has 0 atom stereocenters. The first-order valence-electron chi connectivity index (χ1n) is 10.2. The molecule has 0 unspecified atom stereocenters. The maximum atomic E-state index is 12.9. The number of nitrogens with one attached hydrogen (secondary N) is 1. The maximum absolute atomic E-state index is 12.9. The first-order chi connectivity index (χ1) is 14.9. The van der Waals surface area contributed by atoms with Gasteiger partial charge in [0.1, 0.15) is 5.15 Å². The average molecular weight is 458 g/mol. The minimum atomic E-state index is -0.278. The molecule has 1 aromatic heterocycles. The number of hydrogen-bond donors (Lipinski definition) is 1. The van der Waals surface area contributed by atoms with Gasteiger partial charge in [-0.15, -0.1) is 0 Å². The Morgan fingerprint density at radius 2 is 1.71 bits per heavy atom. The minimum Gasteiger partial charge on any atom is -0.369 e. The zero-order valence-corrected chi connectivity index (χ0v) is 19.1. The zero-order chi connectivity index (χ0) is 22.0. The monoisotopic (exact) mass is 457 g/mol. The van der Waals surface area contributed by atoms with E-state index in [0.717, 1.165) is 43.1 Å². The Bertz CT molecular complexity index is 1070. The Labute approximate surface area is 192 Å². The van der Waals surface area contributed by atoms with Gasteiger partial charge in [-0.05, 0) is 49.9 Å². The third-order valence-electron chi connectivity index (χ3n) is 5.56. The topological polar surface area (TPSA) is 53.4 Å². The van der Waals surface area contributed by atoms with E-state index in [9.17, 15) is 4.79 Å². The molecule has 162 valence electrons. The lowest BCUT2D eigenvalue weighted by atomic mass is 10.2. The number of benzene rings is 2. The summed E-state index contributed by atoms with van der Waals surface area (Å²) in [4.78, 5) is 17.6. The Kier molecular flexibility index (Phi) is 6.51. The van der Waals surface area contributed by atoms with Gasteiger partial charge >= 0.3 is 0 Å². The lowest BCUT2D eigenvalue weighted by Gasteiger charge is -2.34. The third kappa shape index (κ3) is 4.87. The molecule has 6 nitrogen and oxygen atoms in total. The minimum absolute atomic E-state index is 0.278. The quantitative estimate of drug-likeness (QED) is 0.610. The molecule has 2 heterocycles. The number of aromatic nitrogens is 2. The van der Waals surface area contributed by atoms with E-state index in [1.165, 1.54) is 0 Å². The van der Waals surface area contributed by atoms with Crippen LogP contribution in [0, 0.1) is 6.92 Å². The van der Waals surface area contributed by atoms with Crippen LogP contribution in [-0.2, 0) is 6.54 Å². The summed E-state index contributed by atoms with van der Waals surface area (Å²) in [5.41, 5.74) is 3.71. The summed E-state index contributed by atoms with van der Waals surface area (Å²) >= 11 is 12.8. The zero-order valence-electron chi connectivity index (χ0n) is 17.6. The fourth-order valence-corrected chi connectivity index (χ4v) is 4.23. The normalized spacial score (nSPS) is 14.6. The van der Waals surface area contributed by atoms with Gasteiger partial charge in [0.15, 0.2) is 0 Å². The molecule has 2 aromatic carbocycles. The van der Waals surface area contributed by atoms with Gasteiger partial charge in [-0.2, -0.15) is 5.10 Å². The first-order valence-corrected chi connectivity index (χ1v) is 11.0. The predicted molar refractivity (Wildman–Crippen MR) is 127 cm³/mol. The van der Waals surface area contributed by atoms with E-state index >= 15 is 0 Å². The molecule has 0 spiro atoms. The van der Waals surface area contributed by atoms with Crippen molar-refractivity contribution >= 4 is 40.5 Å². The van der Waals surface area contributed by atoms with Gasteiger partial charge in [-0.25, -0.2) is 4.68 Å². The molecule has 3 aromatic rings. The third-order valence-corrected chi connectivity index (χ3v) is 6.32. The Balaban J connectivity index is 1.46. The van der Waals surface area contributed by atoms with E-state index in [1.54, 1.807) is 11.6 Å². The van der Waals surface area contributed by atoms with Crippen LogP contribution in [0.3, 0.4) is 0 Å². The number of anilines is 2. The van der Waals surface area contributed by atoms with Crippen molar-refractivity contribution in [1.82, 2.24) is 14.7 Å². The number of carbonyl (C=O) groups is 1. The number of hydrogen-bond acceptors (Lipinski definition) is 4. The molecule has 1 amide bonds. The molecular formula is C23H25Cl2N5O. The molecule has 1 N–H and O–H groups in total. The van der Waals surface area contributed by atoms with Gasteiger partial charge in [0.2, 0.25) is 0 Å². The molecule has 8 heteroatoms. The van der Waals surface area contributed by atoms with Crippen molar-refractivity contribution in [1.29, 1.82) is 0 Å². The lowest BCUT2D eigenvalue weighted by molar-refractivity contribution is 0.102. The van der Waals surface area contributed by atoms with Crippen LogP contribution < -0.4 is 10.2 Å². The highest BCUT2D eigenvalue weighted by Crippen LogP contribution is 2.25. The molecule has 1 saturated heterocycles. The average Bonchev–Trinajstić information content (AvgIpc) is 3.04. The molecule has 1 aliphatic heterocycles. The summed E-state index contributed by atoms with van der Waals surface area (Å²) in [5.74, 6) is -0.278. The highest BCUT2D eigenvalue weighted by molar-refractivity contribution is 6.34. The van der Waals surface area contributed by atoms with E-state index < -0.39 is 0 Å². The van der Waals surface area contributed by atoms with E-state index in [4.69, 9.17) is 23.2 Å². The maximum Gasteiger partial charge on any atom is 0.260 e. The summed E-state index contributed by atoms with van der Waals surface area (Å²) in [5, 5.41) is 8.31. The molecule has 31 heavy (non-hydrogen) atoms. The summed E-state index contributed by atoms with van der Waals surface area (Å²) in [6.07, 6.45) is 0. The standard InChI is InChI=1S/C23H25Cl2N5O/c1-16-21(22(25)30(27-16)15-17-5-3-4-6-20(17)24)23(31)26-18-7-9-19(10-8-18)29-13-11-28(2)12-14-29/h3-10H,11-15H2,1-2H3,(H,26,31). The number of halogens is 2. The lowest BCUT2D eigenvalue weighted by Crippen LogP contribution is -2.44. The largest absolute Gasteiger partial charge is 0.369 e. The van der Waals surface area contributed by atoms with Crippen molar-refractivity contribution in [2.24, 2.45) is 0 Å². The van der Waals surface area contributed by atoms with Crippen LogP contribution in [0.4, 0.5) is 11.4 Å². The fourth-order valence-electron chi connectivity index (χ4n) is 3.72. The van der Waals surface area contributed by atoms with Gasteiger partial charge in [-0.3, -0.25) is 4.79 Å². The van der Waals surface area contributed by atoms with Crippen molar-refractivity contribution in [2.75, 3.05) is 43.4 Å². The molecule has 1 fully saturated rings. The highest BCUT2D eigenvalue weighted by atomic mass is 35.5. The van der Waals surface area contributed by atoms with Gasteiger partial charge in [0.05, 0.1) is 17.8 Å². The first kappa shape index (κ1) is 21.7. The van der Waals surface area contributed by atoms with E-state index in [1.807, 2.05) is 48.5 Å². The summed E-state index contributed by atoms with van der Waals surface area (Å²) in [7, 11) is 2.14. The van der Waals surface area contributed by atoms with Crippen LogP contribution in [0.5, 0.6) is 0 Å². The molecule has 0 aliphatic carbocycles. The van der Waals surface area contributed by atoms with Crippen molar-refractivity contribution in [3.63, 3.8) is 0 Å². The number of rotatable bonds is 5. The summed E-state index contributed by atoms with van der Waals surface area (Å²) in [6, 6.07) is 15.4. The fraction of sp³-hybridized carbons (Fsp3) is 0.304. The van der Waals surface area contributed by atoms with E-state index in [2.05, 4.69) is 27.3 Å². The highest BCUT2D eigenvalue weighted by Gasteiger charge is 2.21. The Morgan fingerprint density at radius 1 is 1.03 bits per heavy atom. The Morgan fingerprint density at radius 3 is 2.39 bits per heavy atom. The number of aryl methyl sites for hydroxylation is 1. The molecule has 4 rings (SSSR count). The van der Waals surface area contributed by atoms with Crippen LogP contribution >= 0.6 is 23.2 Å². The van der Waals surface area contributed by atoms with Gasteiger partial charge in [0.25, 0.3) is 5.91 Å². The number of carbonyl (C=O) groups excluding carboxylic acids is 1. The second kappa shape index (κ2) is 9.30. The van der Waals surface area contributed by atoms with E-state index in [-0.39, 0.29) is 5.91 Å². The van der Waals surface area contributed by atoms with Crippen LogP contribution in [0.1, 0.15) is 21.6 Å². The SMILES string of the molecule is Cc1nn(Cc2ccccc2Cl)c(Cl)c1C(=O)Nc1ccc(N2CCN(C)CC2)cc1. The summed E-state index contributed by atoms with van der Waals surface area (Å²) < 4.78 is 1.60. The molecular weight excluding hydrogens is 433 g/mol. The van der Waals surface area contributed by atoms with Crippen molar-refractivity contribution in [2.45, 2.75) is 13.5 Å². The summed E-state index contributed by atoms with van der Waals surface area (Å²) in [6.45, 7) is 6.28. The van der Waals surface area contributed by atoms with Gasteiger partial charge in [-0.1, -0.05) is 41.4 Å². The van der Waals surface area contributed by atoms with Gasteiger partial charge < -0.3 is 15.1 Å². The van der Waals surface area contributed by atoms with E-state index in [0.29, 0.717) is 28.0 Å². The molecule has 0 saturated carbocycles. The second-order valence-corrected chi connectivity index (χ2v) is 8.56. The number of nitrogens with zero attached hydrogens (tertiary/aromatic N) is 4. The van der Waals surface area contributed by atoms with Crippen molar-refractivity contribution < 1.29 is 4.79 Å². The van der Waals surface area contributed by atoms with Crippen LogP contribution in [0.15, 0.2) is 48.5 Å². The number of likely N-dealkylation sites (N-methyl/N-ethyl adjacent to an activating group) is 1. The number of amides is 1. The molecule has 1 aliphatic rings. The smallest absolute Gasteiger partial charge is 0.260 e. The molecule has 0 radical (unpaired) electrons. The predicted octanol–water partition coefficient (Wildman–Crippen LogP) is 4.55. The number of piperazine rings is 1.